The molecule has 0 bridgehead atoms. The molecule has 136 valence electrons. The standard InChI is InChI=1S/C18H20ClN5OS/c1-12(2)14-4-6-15(7-5-14)25-10-17-22-23-18(24(17)20)26-11-13-3-8-16(19)21-9-13/h3-9,12H,10-11,20H2,1-2H3. The van der Waals surface area contributed by atoms with Crippen molar-refractivity contribution in [1.29, 1.82) is 0 Å². The third-order valence-electron chi connectivity index (χ3n) is 3.81. The van der Waals surface area contributed by atoms with Crippen molar-refractivity contribution in [1.82, 2.24) is 19.9 Å². The van der Waals surface area contributed by atoms with Crippen LogP contribution in [-0.2, 0) is 12.4 Å². The minimum atomic E-state index is 0.258. The number of thioether (sulfide) groups is 1. The van der Waals surface area contributed by atoms with Crippen molar-refractivity contribution in [2.45, 2.75) is 37.3 Å². The second kappa shape index (κ2) is 8.42. The smallest absolute Gasteiger partial charge is 0.210 e. The van der Waals surface area contributed by atoms with E-state index in [1.807, 2.05) is 18.2 Å². The summed E-state index contributed by atoms with van der Waals surface area (Å²) >= 11 is 7.27. The van der Waals surface area contributed by atoms with Gasteiger partial charge in [-0.1, -0.05) is 55.4 Å². The Kier molecular flexibility index (Phi) is 6.00. The normalized spacial score (nSPS) is 11.1. The van der Waals surface area contributed by atoms with Crippen LogP contribution in [-0.4, -0.2) is 19.9 Å². The number of halogens is 1. The third-order valence-corrected chi connectivity index (χ3v) is 5.04. The van der Waals surface area contributed by atoms with Crippen LogP contribution in [0.2, 0.25) is 5.15 Å². The lowest BCUT2D eigenvalue weighted by Gasteiger charge is -2.09. The zero-order chi connectivity index (χ0) is 18.5. The first-order valence-corrected chi connectivity index (χ1v) is 9.54. The molecule has 0 aliphatic carbocycles. The monoisotopic (exact) mass is 389 g/mol. The zero-order valence-electron chi connectivity index (χ0n) is 14.6. The fourth-order valence-corrected chi connectivity index (χ4v) is 3.16. The van der Waals surface area contributed by atoms with E-state index in [4.69, 9.17) is 22.2 Å². The van der Waals surface area contributed by atoms with Gasteiger partial charge in [-0.25, -0.2) is 9.66 Å². The van der Waals surface area contributed by atoms with Crippen LogP contribution >= 0.6 is 23.4 Å². The van der Waals surface area contributed by atoms with Gasteiger partial charge in [0.05, 0.1) is 0 Å². The topological polar surface area (TPSA) is 78.9 Å². The van der Waals surface area contributed by atoms with Gasteiger partial charge in [-0.15, -0.1) is 10.2 Å². The van der Waals surface area contributed by atoms with Gasteiger partial charge >= 0.3 is 0 Å². The number of nitrogens with two attached hydrogens (primary N) is 1. The summed E-state index contributed by atoms with van der Waals surface area (Å²) in [5, 5.41) is 9.32. The second-order valence-corrected chi connectivity index (χ2v) is 7.39. The summed E-state index contributed by atoms with van der Waals surface area (Å²) in [5.41, 5.74) is 2.31. The molecular formula is C18H20ClN5OS. The molecule has 0 aliphatic rings. The number of hydrogen-bond acceptors (Lipinski definition) is 6. The maximum atomic E-state index is 6.07. The van der Waals surface area contributed by atoms with Crippen molar-refractivity contribution < 1.29 is 4.74 Å². The first kappa shape index (κ1) is 18.5. The van der Waals surface area contributed by atoms with E-state index in [0.29, 0.717) is 27.8 Å². The second-order valence-electron chi connectivity index (χ2n) is 6.06. The summed E-state index contributed by atoms with van der Waals surface area (Å²) in [6.45, 7) is 4.58. The molecule has 0 unspecified atom stereocenters. The third kappa shape index (κ3) is 4.68. The maximum absolute atomic E-state index is 6.07. The summed E-state index contributed by atoms with van der Waals surface area (Å²) in [7, 11) is 0. The molecule has 0 saturated heterocycles. The van der Waals surface area contributed by atoms with Crippen molar-refractivity contribution in [3.63, 3.8) is 0 Å². The fraction of sp³-hybridized carbons (Fsp3) is 0.278. The molecule has 0 aliphatic heterocycles. The van der Waals surface area contributed by atoms with E-state index < -0.39 is 0 Å². The molecule has 3 aromatic rings. The highest BCUT2D eigenvalue weighted by molar-refractivity contribution is 7.98. The predicted octanol–water partition coefficient (Wildman–Crippen LogP) is 4.04. The molecular weight excluding hydrogens is 370 g/mol. The Hall–Kier alpha value is -2.25. The van der Waals surface area contributed by atoms with Gasteiger partial charge in [-0.3, -0.25) is 0 Å². The minimum Gasteiger partial charge on any atom is -0.486 e. The van der Waals surface area contributed by atoms with Crippen LogP contribution in [0.3, 0.4) is 0 Å². The molecule has 0 saturated carbocycles. The lowest BCUT2D eigenvalue weighted by molar-refractivity contribution is 0.291. The molecule has 0 spiro atoms. The molecule has 3 rings (SSSR count). The number of hydrogen-bond donors (Lipinski definition) is 1. The van der Waals surface area contributed by atoms with Gasteiger partial charge in [0.1, 0.15) is 17.5 Å². The van der Waals surface area contributed by atoms with Crippen molar-refractivity contribution in [2.24, 2.45) is 0 Å². The van der Waals surface area contributed by atoms with Crippen LogP contribution in [0.5, 0.6) is 5.75 Å². The van der Waals surface area contributed by atoms with E-state index in [1.54, 1.807) is 12.3 Å². The molecule has 2 aromatic heterocycles. The molecule has 0 fully saturated rings. The van der Waals surface area contributed by atoms with Gasteiger partial charge in [0, 0.05) is 11.9 Å². The number of aromatic nitrogens is 4. The highest BCUT2D eigenvalue weighted by Gasteiger charge is 2.11. The molecule has 2 N–H and O–H groups in total. The lowest BCUT2D eigenvalue weighted by atomic mass is 10.0. The molecule has 8 heteroatoms. The number of nitrogen functional groups attached to an aromatic ring is 1. The quantitative estimate of drug-likeness (QED) is 0.373. The average molecular weight is 390 g/mol. The van der Waals surface area contributed by atoms with Crippen LogP contribution in [0.4, 0.5) is 0 Å². The molecule has 0 radical (unpaired) electrons. The summed E-state index contributed by atoms with van der Waals surface area (Å²) in [4.78, 5) is 4.06. The highest BCUT2D eigenvalue weighted by atomic mass is 35.5. The van der Waals surface area contributed by atoms with E-state index in [0.717, 1.165) is 11.3 Å². The molecule has 26 heavy (non-hydrogen) atoms. The van der Waals surface area contributed by atoms with Gasteiger partial charge in [0.25, 0.3) is 0 Å². The van der Waals surface area contributed by atoms with Gasteiger partial charge < -0.3 is 10.6 Å². The van der Waals surface area contributed by atoms with Crippen LogP contribution in [0.25, 0.3) is 0 Å². The summed E-state index contributed by atoms with van der Waals surface area (Å²) in [6.07, 6.45) is 1.73. The van der Waals surface area contributed by atoms with Crippen molar-refractivity contribution in [2.75, 3.05) is 5.84 Å². The van der Waals surface area contributed by atoms with Gasteiger partial charge in [0.15, 0.2) is 5.82 Å². The predicted molar refractivity (Wildman–Crippen MR) is 104 cm³/mol. The number of pyridine rings is 1. The van der Waals surface area contributed by atoms with Crippen LogP contribution in [0.15, 0.2) is 47.8 Å². The fourth-order valence-electron chi connectivity index (χ4n) is 2.24. The van der Waals surface area contributed by atoms with Gasteiger partial charge in [-0.05, 0) is 35.2 Å². The summed E-state index contributed by atoms with van der Waals surface area (Å²) in [6, 6.07) is 11.7. The average Bonchev–Trinajstić information content (AvgIpc) is 3.00. The first-order valence-electron chi connectivity index (χ1n) is 8.18. The van der Waals surface area contributed by atoms with E-state index in [1.165, 1.54) is 22.0 Å². The summed E-state index contributed by atoms with van der Waals surface area (Å²) in [5.74, 6) is 8.58. The largest absolute Gasteiger partial charge is 0.486 e. The van der Waals surface area contributed by atoms with Crippen LogP contribution in [0.1, 0.15) is 36.7 Å². The van der Waals surface area contributed by atoms with E-state index >= 15 is 0 Å². The zero-order valence-corrected chi connectivity index (χ0v) is 16.2. The number of benzene rings is 1. The van der Waals surface area contributed by atoms with Gasteiger partial charge in [0.2, 0.25) is 5.16 Å². The Labute approximate surface area is 161 Å². The van der Waals surface area contributed by atoms with Crippen LogP contribution in [0, 0.1) is 0 Å². The van der Waals surface area contributed by atoms with E-state index in [2.05, 4.69) is 41.2 Å². The van der Waals surface area contributed by atoms with Crippen molar-refractivity contribution in [3.05, 3.63) is 64.7 Å². The Balaban J connectivity index is 1.57. The SMILES string of the molecule is CC(C)c1ccc(OCc2nnc(SCc3ccc(Cl)nc3)n2N)cc1. The minimum absolute atomic E-state index is 0.258. The molecule has 6 nitrogen and oxygen atoms in total. The molecule has 2 heterocycles. The summed E-state index contributed by atoms with van der Waals surface area (Å²) < 4.78 is 7.21. The van der Waals surface area contributed by atoms with E-state index in [9.17, 15) is 0 Å². The Morgan fingerprint density at radius 2 is 1.92 bits per heavy atom. The van der Waals surface area contributed by atoms with Crippen LogP contribution < -0.4 is 10.6 Å². The Bertz CT molecular complexity index is 849. The number of rotatable bonds is 7. The van der Waals surface area contributed by atoms with Crippen molar-refractivity contribution >= 4 is 23.4 Å². The molecule has 0 amide bonds. The van der Waals surface area contributed by atoms with Crippen molar-refractivity contribution in [3.8, 4) is 5.75 Å². The van der Waals surface area contributed by atoms with E-state index in [-0.39, 0.29) is 6.61 Å². The Morgan fingerprint density at radius 1 is 1.15 bits per heavy atom. The van der Waals surface area contributed by atoms with Gasteiger partial charge in [-0.2, -0.15) is 0 Å². The number of nitrogens with zero attached hydrogens (tertiary/aromatic N) is 4. The maximum Gasteiger partial charge on any atom is 0.210 e. The highest BCUT2D eigenvalue weighted by Crippen LogP contribution is 2.22. The molecule has 0 atom stereocenters. The number of ether oxygens (including phenoxy) is 1. The Morgan fingerprint density at radius 3 is 2.58 bits per heavy atom. The first-order chi connectivity index (χ1) is 12.5. The molecule has 1 aromatic carbocycles. The lowest BCUT2D eigenvalue weighted by Crippen LogP contribution is -2.15.